The Labute approximate surface area is 123 Å². The molecule has 1 heteroatoms. The molecule has 5 atom stereocenters. The summed E-state index contributed by atoms with van der Waals surface area (Å²) in [6, 6.07) is 12.0. The number of rotatable bonds is 6. The molecule has 3 fully saturated rings. The highest BCUT2D eigenvalue weighted by atomic mass is 14.9. The molecular formula is C19H27N. The predicted molar refractivity (Wildman–Crippen MR) is 83.7 cm³/mol. The SMILES string of the molecule is CCCNC(C1CC2CC2C1)C1CC1c1ccccc1. The fraction of sp³-hybridized carbons (Fsp3) is 0.684. The van der Waals surface area contributed by atoms with E-state index in [0.29, 0.717) is 0 Å². The van der Waals surface area contributed by atoms with Gasteiger partial charge in [0.2, 0.25) is 0 Å². The second-order valence-electron chi connectivity index (χ2n) is 7.38. The smallest absolute Gasteiger partial charge is 0.0130 e. The van der Waals surface area contributed by atoms with E-state index in [1.807, 2.05) is 0 Å². The van der Waals surface area contributed by atoms with Crippen LogP contribution < -0.4 is 5.32 Å². The van der Waals surface area contributed by atoms with Crippen LogP contribution in [0.1, 0.15) is 50.5 Å². The van der Waals surface area contributed by atoms with E-state index in [1.165, 1.54) is 32.2 Å². The molecule has 20 heavy (non-hydrogen) atoms. The third-order valence-electron chi connectivity index (χ3n) is 5.95. The average Bonchev–Trinajstić information content (AvgIpc) is 3.39. The van der Waals surface area contributed by atoms with Crippen molar-refractivity contribution in [2.24, 2.45) is 23.7 Å². The lowest BCUT2D eigenvalue weighted by molar-refractivity contribution is 0.301. The van der Waals surface area contributed by atoms with Gasteiger partial charge in [0.15, 0.2) is 0 Å². The monoisotopic (exact) mass is 269 g/mol. The molecule has 5 unspecified atom stereocenters. The van der Waals surface area contributed by atoms with E-state index >= 15 is 0 Å². The topological polar surface area (TPSA) is 12.0 Å². The molecule has 3 aliphatic rings. The maximum Gasteiger partial charge on any atom is 0.0130 e. The molecule has 0 heterocycles. The first-order chi connectivity index (χ1) is 9.86. The minimum Gasteiger partial charge on any atom is -0.313 e. The van der Waals surface area contributed by atoms with Crippen LogP contribution in [0.3, 0.4) is 0 Å². The minimum absolute atomic E-state index is 0.799. The van der Waals surface area contributed by atoms with Gasteiger partial charge in [0.1, 0.15) is 0 Å². The number of fused-ring (bicyclic) bond motifs is 1. The molecule has 1 aromatic rings. The summed E-state index contributed by atoms with van der Waals surface area (Å²) in [5.74, 6) is 4.94. The normalized spacial score (nSPS) is 39.4. The van der Waals surface area contributed by atoms with Crippen LogP contribution in [0.4, 0.5) is 0 Å². The highest BCUT2D eigenvalue weighted by Crippen LogP contribution is 2.59. The summed E-state index contributed by atoms with van der Waals surface area (Å²) in [6.07, 6.45) is 7.26. The van der Waals surface area contributed by atoms with Crippen LogP contribution in [-0.2, 0) is 0 Å². The minimum atomic E-state index is 0.799. The van der Waals surface area contributed by atoms with Crippen molar-refractivity contribution in [1.82, 2.24) is 5.32 Å². The van der Waals surface area contributed by atoms with Gasteiger partial charge in [0, 0.05) is 6.04 Å². The predicted octanol–water partition coefficient (Wildman–Crippen LogP) is 4.20. The standard InChI is InChI=1S/C19H27N/c1-2-8-20-19(16-10-14-9-15(14)11-16)18-12-17(18)13-6-4-3-5-7-13/h3-7,14-20H,2,8-12H2,1H3. The Kier molecular flexibility index (Phi) is 3.34. The zero-order valence-corrected chi connectivity index (χ0v) is 12.6. The van der Waals surface area contributed by atoms with Gasteiger partial charge in [0.05, 0.1) is 0 Å². The van der Waals surface area contributed by atoms with Crippen LogP contribution in [0.15, 0.2) is 30.3 Å². The van der Waals surface area contributed by atoms with Gasteiger partial charge in [-0.25, -0.2) is 0 Å². The summed E-state index contributed by atoms with van der Waals surface area (Å²) < 4.78 is 0. The van der Waals surface area contributed by atoms with Crippen LogP contribution in [0, 0.1) is 23.7 Å². The van der Waals surface area contributed by atoms with Crippen LogP contribution in [-0.4, -0.2) is 12.6 Å². The Bertz CT molecular complexity index is 444. The Morgan fingerprint density at radius 2 is 1.80 bits per heavy atom. The number of hydrogen-bond donors (Lipinski definition) is 1. The third kappa shape index (κ3) is 2.41. The van der Waals surface area contributed by atoms with Gasteiger partial charge in [-0.05, 0) is 73.8 Å². The molecule has 0 amide bonds. The van der Waals surface area contributed by atoms with Gasteiger partial charge in [-0.3, -0.25) is 0 Å². The average molecular weight is 269 g/mol. The second-order valence-corrected chi connectivity index (χ2v) is 7.38. The van der Waals surface area contributed by atoms with Gasteiger partial charge >= 0.3 is 0 Å². The Balaban J connectivity index is 1.43. The molecule has 1 nitrogen and oxygen atoms in total. The van der Waals surface area contributed by atoms with Crippen LogP contribution in [0.25, 0.3) is 0 Å². The first kappa shape index (κ1) is 12.9. The number of hydrogen-bond acceptors (Lipinski definition) is 1. The van der Waals surface area contributed by atoms with Crippen LogP contribution >= 0.6 is 0 Å². The van der Waals surface area contributed by atoms with Gasteiger partial charge in [-0.1, -0.05) is 37.3 Å². The van der Waals surface area contributed by atoms with E-state index in [4.69, 9.17) is 0 Å². The van der Waals surface area contributed by atoms with E-state index in [9.17, 15) is 0 Å². The van der Waals surface area contributed by atoms with Crippen LogP contribution in [0.2, 0.25) is 0 Å². The lowest BCUT2D eigenvalue weighted by Gasteiger charge is -2.26. The fourth-order valence-electron chi connectivity index (χ4n) is 4.73. The first-order valence-electron chi connectivity index (χ1n) is 8.65. The van der Waals surface area contributed by atoms with E-state index in [-0.39, 0.29) is 0 Å². The fourth-order valence-corrected chi connectivity index (χ4v) is 4.73. The van der Waals surface area contributed by atoms with Crippen molar-refractivity contribution in [2.75, 3.05) is 6.54 Å². The van der Waals surface area contributed by atoms with Crippen molar-refractivity contribution in [3.8, 4) is 0 Å². The third-order valence-corrected chi connectivity index (χ3v) is 5.95. The molecule has 3 saturated carbocycles. The number of nitrogens with one attached hydrogen (secondary N) is 1. The van der Waals surface area contributed by atoms with Crippen molar-refractivity contribution in [2.45, 2.75) is 51.0 Å². The molecule has 1 N–H and O–H groups in total. The molecule has 3 aliphatic carbocycles. The lowest BCUT2D eigenvalue weighted by Crippen LogP contribution is -2.38. The molecule has 4 rings (SSSR count). The maximum absolute atomic E-state index is 3.91. The Morgan fingerprint density at radius 1 is 1.05 bits per heavy atom. The highest BCUT2D eigenvalue weighted by molar-refractivity contribution is 5.27. The number of benzene rings is 1. The van der Waals surface area contributed by atoms with E-state index < -0.39 is 0 Å². The molecule has 0 bridgehead atoms. The van der Waals surface area contributed by atoms with Crippen molar-refractivity contribution in [3.63, 3.8) is 0 Å². The molecule has 1 aromatic carbocycles. The molecule has 0 saturated heterocycles. The first-order valence-corrected chi connectivity index (χ1v) is 8.65. The molecule has 0 aliphatic heterocycles. The summed E-state index contributed by atoms with van der Waals surface area (Å²) >= 11 is 0. The van der Waals surface area contributed by atoms with Crippen molar-refractivity contribution in [3.05, 3.63) is 35.9 Å². The maximum atomic E-state index is 3.91. The summed E-state index contributed by atoms with van der Waals surface area (Å²) in [5, 5.41) is 3.91. The largest absolute Gasteiger partial charge is 0.313 e. The lowest BCUT2D eigenvalue weighted by atomic mass is 9.89. The quantitative estimate of drug-likeness (QED) is 0.816. The molecule has 0 spiro atoms. The zero-order chi connectivity index (χ0) is 13.5. The van der Waals surface area contributed by atoms with Crippen molar-refractivity contribution in [1.29, 1.82) is 0 Å². The van der Waals surface area contributed by atoms with Gasteiger partial charge < -0.3 is 5.32 Å². The molecule has 0 radical (unpaired) electrons. The molecule has 0 aromatic heterocycles. The summed E-state index contributed by atoms with van der Waals surface area (Å²) in [7, 11) is 0. The Hall–Kier alpha value is -0.820. The second kappa shape index (κ2) is 5.18. The van der Waals surface area contributed by atoms with Gasteiger partial charge in [-0.15, -0.1) is 0 Å². The van der Waals surface area contributed by atoms with Crippen molar-refractivity contribution < 1.29 is 0 Å². The summed E-state index contributed by atoms with van der Waals surface area (Å²) in [5.41, 5.74) is 1.57. The van der Waals surface area contributed by atoms with Crippen LogP contribution in [0.5, 0.6) is 0 Å². The summed E-state index contributed by atoms with van der Waals surface area (Å²) in [4.78, 5) is 0. The Morgan fingerprint density at radius 3 is 2.50 bits per heavy atom. The van der Waals surface area contributed by atoms with Crippen molar-refractivity contribution >= 4 is 0 Å². The van der Waals surface area contributed by atoms with E-state index in [0.717, 1.165) is 35.6 Å². The molecular weight excluding hydrogens is 242 g/mol. The van der Waals surface area contributed by atoms with E-state index in [2.05, 4.69) is 42.6 Å². The zero-order valence-electron chi connectivity index (χ0n) is 12.6. The molecule has 108 valence electrons. The summed E-state index contributed by atoms with van der Waals surface area (Å²) in [6.45, 7) is 3.49. The van der Waals surface area contributed by atoms with Gasteiger partial charge in [-0.2, -0.15) is 0 Å². The highest BCUT2D eigenvalue weighted by Gasteiger charge is 2.53. The van der Waals surface area contributed by atoms with Gasteiger partial charge in [0.25, 0.3) is 0 Å². The van der Waals surface area contributed by atoms with E-state index in [1.54, 1.807) is 12.0 Å².